The molecule has 2 N–H and O–H groups in total. The molecule has 0 saturated carbocycles. The number of carbonyl (C=O) groups excluding carboxylic acids is 1. The van der Waals surface area contributed by atoms with Crippen LogP contribution in [0.3, 0.4) is 0 Å². The standard InChI is InChI=1S/C23H16F6N4O2/c24-22(25,26)13-31-21(34)32-17-3-1-2-16(10-17)19-12-30-20-11-15(8-9-33(19)20)14-4-6-18(7-5-14)35-23(27,28)29/h1-12H,13H2,(H2,31,32,34). The summed E-state index contributed by atoms with van der Waals surface area (Å²) in [5, 5.41) is 4.09. The fraction of sp³-hybridized carbons (Fsp3) is 0.130. The lowest BCUT2D eigenvalue weighted by molar-refractivity contribution is -0.274. The second-order valence-electron chi connectivity index (χ2n) is 7.36. The van der Waals surface area contributed by atoms with Gasteiger partial charge in [0.2, 0.25) is 0 Å². The first kappa shape index (κ1) is 23.9. The summed E-state index contributed by atoms with van der Waals surface area (Å²) in [4.78, 5) is 16.1. The molecule has 4 aromatic rings. The van der Waals surface area contributed by atoms with E-state index in [0.29, 0.717) is 28.0 Å². The van der Waals surface area contributed by atoms with Crippen LogP contribution in [0.1, 0.15) is 0 Å². The van der Waals surface area contributed by atoms with E-state index in [0.717, 1.165) is 0 Å². The van der Waals surface area contributed by atoms with Crippen LogP contribution in [0.25, 0.3) is 28.0 Å². The first-order valence-corrected chi connectivity index (χ1v) is 10.0. The van der Waals surface area contributed by atoms with Crippen LogP contribution in [0.5, 0.6) is 5.75 Å². The molecule has 0 aliphatic heterocycles. The van der Waals surface area contributed by atoms with Crippen LogP contribution in [-0.2, 0) is 0 Å². The van der Waals surface area contributed by atoms with Crippen LogP contribution in [0, 0.1) is 0 Å². The smallest absolute Gasteiger partial charge is 0.406 e. The van der Waals surface area contributed by atoms with Crippen molar-refractivity contribution in [1.29, 1.82) is 0 Å². The molecular formula is C23H16F6N4O2. The summed E-state index contributed by atoms with van der Waals surface area (Å²) in [5.74, 6) is -0.328. The van der Waals surface area contributed by atoms with Crippen molar-refractivity contribution in [1.82, 2.24) is 14.7 Å². The normalized spacial score (nSPS) is 11.9. The molecule has 2 aromatic carbocycles. The van der Waals surface area contributed by atoms with Gasteiger partial charge in [0.15, 0.2) is 0 Å². The Hall–Kier alpha value is -4.22. The number of aromatic nitrogens is 2. The molecule has 0 fully saturated rings. The van der Waals surface area contributed by atoms with Crippen molar-refractivity contribution in [3.05, 3.63) is 73.1 Å². The van der Waals surface area contributed by atoms with Crippen LogP contribution in [-0.4, -0.2) is 34.5 Å². The molecule has 0 saturated heterocycles. The van der Waals surface area contributed by atoms with E-state index in [9.17, 15) is 31.1 Å². The van der Waals surface area contributed by atoms with E-state index in [1.54, 1.807) is 52.4 Å². The average Bonchev–Trinajstić information content (AvgIpc) is 3.20. The maximum atomic E-state index is 12.3. The number of amides is 2. The van der Waals surface area contributed by atoms with E-state index < -0.39 is 25.1 Å². The second-order valence-corrected chi connectivity index (χ2v) is 7.36. The van der Waals surface area contributed by atoms with Gasteiger partial charge in [0.1, 0.15) is 17.9 Å². The molecule has 182 valence electrons. The van der Waals surface area contributed by atoms with Crippen molar-refractivity contribution in [2.75, 3.05) is 11.9 Å². The summed E-state index contributed by atoms with van der Waals surface area (Å²) < 4.78 is 79.5. The maximum Gasteiger partial charge on any atom is 0.573 e. The fourth-order valence-electron chi connectivity index (χ4n) is 3.33. The highest BCUT2D eigenvalue weighted by Crippen LogP contribution is 2.29. The highest BCUT2D eigenvalue weighted by Gasteiger charge is 2.31. The summed E-state index contributed by atoms with van der Waals surface area (Å²) in [5.41, 5.74) is 3.50. The quantitative estimate of drug-likeness (QED) is 0.322. The van der Waals surface area contributed by atoms with Gasteiger partial charge in [-0.15, -0.1) is 13.2 Å². The number of fused-ring (bicyclic) bond motifs is 1. The monoisotopic (exact) mass is 494 g/mol. The Morgan fingerprint density at radius 2 is 1.66 bits per heavy atom. The van der Waals surface area contributed by atoms with E-state index >= 15 is 0 Å². The third-order valence-corrected chi connectivity index (χ3v) is 4.80. The Balaban J connectivity index is 1.53. The summed E-state index contributed by atoms with van der Waals surface area (Å²) in [6.07, 6.45) is -5.98. The number of anilines is 1. The lowest BCUT2D eigenvalue weighted by Crippen LogP contribution is -2.36. The number of ether oxygens (including phenoxy) is 1. The van der Waals surface area contributed by atoms with E-state index in [2.05, 4.69) is 15.0 Å². The Bertz CT molecular complexity index is 1350. The molecule has 0 spiro atoms. The number of nitrogens with one attached hydrogen (secondary N) is 2. The second kappa shape index (κ2) is 9.20. The lowest BCUT2D eigenvalue weighted by Gasteiger charge is -2.11. The molecule has 12 heteroatoms. The van der Waals surface area contributed by atoms with Crippen molar-refractivity contribution < 1.29 is 35.9 Å². The Kier molecular flexibility index (Phi) is 6.29. The van der Waals surface area contributed by atoms with Crippen molar-refractivity contribution in [3.63, 3.8) is 0 Å². The highest BCUT2D eigenvalue weighted by atomic mass is 19.4. The van der Waals surface area contributed by atoms with Crippen molar-refractivity contribution >= 4 is 17.4 Å². The Morgan fingerprint density at radius 3 is 2.34 bits per heavy atom. The fourth-order valence-corrected chi connectivity index (χ4v) is 3.33. The van der Waals surface area contributed by atoms with Gasteiger partial charge in [-0.25, -0.2) is 9.78 Å². The molecule has 4 rings (SSSR count). The molecule has 0 atom stereocenters. The zero-order chi connectivity index (χ0) is 25.2. The average molecular weight is 494 g/mol. The van der Waals surface area contributed by atoms with Crippen molar-refractivity contribution in [3.8, 4) is 28.1 Å². The number of hydrogen-bond donors (Lipinski definition) is 2. The van der Waals surface area contributed by atoms with Crippen LogP contribution >= 0.6 is 0 Å². The molecule has 0 radical (unpaired) electrons. The number of imidazole rings is 1. The number of nitrogens with zero attached hydrogens (tertiary/aromatic N) is 2. The SMILES string of the molecule is O=C(NCC(F)(F)F)Nc1cccc(-c2cnc3cc(-c4ccc(OC(F)(F)F)cc4)ccn23)c1. The van der Waals surface area contributed by atoms with Gasteiger partial charge < -0.3 is 15.4 Å². The minimum Gasteiger partial charge on any atom is -0.406 e. The molecule has 0 aliphatic rings. The number of alkyl halides is 6. The first-order chi connectivity index (χ1) is 16.5. The first-order valence-electron chi connectivity index (χ1n) is 10.0. The molecule has 0 unspecified atom stereocenters. The van der Waals surface area contributed by atoms with Crippen LogP contribution in [0.15, 0.2) is 73.1 Å². The molecule has 0 aliphatic carbocycles. The van der Waals surface area contributed by atoms with Gasteiger partial charge in [0.05, 0.1) is 11.9 Å². The van der Waals surface area contributed by atoms with E-state index in [4.69, 9.17) is 0 Å². The molecule has 35 heavy (non-hydrogen) atoms. The highest BCUT2D eigenvalue weighted by molar-refractivity contribution is 5.90. The summed E-state index contributed by atoms with van der Waals surface area (Å²) in [6.45, 7) is -1.45. The number of hydrogen-bond acceptors (Lipinski definition) is 3. The topological polar surface area (TPSA) is 67.7 Å². The number of carbonyl (C=O) groups is 1. The predicted molar refractivity (Wildman–Crippen MR) is 116 cm³/mol. The number of pyridine rings is 1. The van der Waals surface area contributed by atoms with Gasteiger partial charge in [-0.05, 0) is 47.5 Å². The summed E-state index contributed by atoms with van der Waals surface area (Å²) in [7, 11) is 0. The zero-order valence-electron chi connectivity index (χ0n) is 17.6. The molecule has 2 aromatic heterocycles. The van der Waals surface area contributed by atoms with Gasteiger partial charge in [0, 0.05) is 17.4 Å². The summed E-state index contributed by atoms with van der Waals surface area (Å²) in [6, 6.07) is 14.4. The largest absolute Gasteiger partial charge is 0.573 e. The molecule has 6 nitrogen and oxygen atoms in total. The van der Waals surface area contributed by atoms with Crippen molar-refractivity contribution in [2.24, 2.45) is 0 Å². The predicted octanol–water partition coefficient (Wildman–Crippen LogP) is 6.25. The minimum absolute atomic E-state index is 0.287. The molecule has 2 heterocycles. The summed E-state index contributed by atoms with van der Waals surface area (Å²) >= 11 is 0. The third-order valence-electron chi connectivity index (χ3n) is 4.80. The van der Waals surface area contributed by atoms with Gasteiger partial charge in [0.25, 0.3) is 0 Å². The zero-order valence-corrected chi connectivity index (χ0v) is 17.6. The number of rotatable bonds is 5. The van der Waals surface area contributed by atoms with Crippen LogP contribution in [0.4, 0.5) is 36.8 Å². The number of halogens is 6. The minimum atomic E-state index is -4.77. The Morgan fingerprint density at radius 1 is 0.914 bits per heavy atom. The number of benzene rings is 2. The number of urea groups is 1. The molecular weight excluding hydrogens is 478 g/mol. The van der Waals surface area contributed by atoms with Crippen LogP contribution < -0.4 is 15.4 Å². The van der Waals surface area contributed by atoms with Gasteiger partial charge in [-0.2, -0.15) is 13.2 Å². The van der Waals surface area contributed by atoms with E-state index in [1.165, 1.54) is 30.3 Å². The Labute approximate surface area is 194 Å². The maximum absolute atomic E-state index is 12.3. The van der Waals surface area contributed by atoms with E-state index in [1.807, 2.05) is 0 Å². The molecule has 0 bridgehead atoms. The van der Waals surface area contributed by atoms with Gasteiger partial charge >= 0.3 is 18.6 Å². The molecule has 2 amide bonds. The van der Waals surface area contributed by atoms with Crippen molar-refractivity contribution in [2.45, 2.75) is 12.5 Å². The third kappa shape index (κ3) is 6.22. The van der Waals surface area contributed by atoms with E-state index in [-0.39, 0.29) is 11.4 Å². The van der Waals surface area contributed by atoms with Gasteiger partial charge in [-0.3, -0.25) is 4.40 Å². The van der Waals surface area contributed by atoms with Crippen LogP contribution in [0.2, 0.25) is 0 Å². The lowest BCUT2D eigenvalue weighted by atomic mass is 10.1. The van der Waals surface area contributed by atoms with Gasteiger partial charge in [-0.1, -0.05) is 24.3 Å².